The first-order valence-corrected chi connectivity index (χ1v) is 12.1. The van der Waals surface area contributed by atoms with Crippen molar-refractivity contribution in [1.82, 2.24) is 4.90 Å². The fourth-order valence-corrected chi connectivity index (χ4v) is 6.22. The first kappa shape index (κ1) is 22.8. The molecule has 1 saturated heterocycles. The number of halogens is 2. The maximum Gasteiger partial charge on any atom is 0.294 e. The molecule has 1 aliphatic heterocycles. The average molecular weight is 510 g/mol. The molecule has 0 atom stereocenters. The molecule has 1 aromatic heterocycles. The minimum Gasteiger partial charge on any atom is -0.365 e. The Morgan fingerprint density at radius 2 is 1.94 bits per heavy atom. The molecular weight excluding hydrogens is 493 g/mol. The number of hydrogen-bond donors (Lipinski definition) is 2. The van der Waals surface area contributed by atoms with E-state index in [1.165, 1.54) is 23.5 Å². The molecule has 0 saturated carbocycles. The fourth-order valence-electron chi connectivity index (χ4n) is 3.62. The predicted octanol–water partition coefficient (Wildman–Crippen LogP) is 4.71. The number of aryl methyl sites for hydroxylation is 1. The molecular formula is C21H17Cl2N3O4S2. The Balaban J connectivity index is 1.50. The molecule has 7 nitrogen and oxygen atoms in total. The van der Waals surface area contributed by atoms with Crippen LogP contribution in [0.3, 0.4) is 0 Å². The number of nitrogens with one attached hydrogen (secondary N) is 1. The summed E-state index contributed by atoms with van der Waals surface area (Å²) in [4.78, 5) is 51.7. The summed E-state index contributed by atoms with van der Waals surface area (Å²) in [5, 5.41) is 3.25. The second kappa shape index (κ2) is 9.27. The first-order valence-electron chi connectivity index (χ1n) is 9.69. The van der Waals surface area contributed by atoms with Gasteiger partial charge in [0.15, 0.2) is 0 Å². The van der Waals surface area contributed by atoms with E-state index in [9.17, 15) is 19.2 Å². The molecule has 166 valence electrons. The number of nitrogens with zero attached hydrogens (tertiary/aromatic N) is 1. The van der Waals surface area contributed by atoms with Crippen LogP contribution >= 0.6 is 46.3 Å². The molecule has 0 radical (unpaired) electrons. The van der Waals surface area contributed by atoms with Gasteiger partial charge in [0, 0.05) is 14.9 Å². The maximum atomic E-state index is 12.7. The Labute approximate surface area is 201 Å². The van der Waals surface area contributed by atoms with Crippen molar-refractivity contribution >= 4 is 80.3 Å². The van der Waals surface area contributed by atoms with Crippen LogP contribution in [0.1, 0.15) is 39.2 Å². The van der Waals surface area contributed by atoms with E-state index in [2.05, 4.69) is 5.32 Å². The minimum absolute atomic E-state index is 0.149. The van der Waals surface area contributed by atoms with Gasteiger partial charge in [-0.1, -0.05) is 29.3 Å². The summed E-state index contributed by atoms with van der Waals surface area (Å²) < 4.78 is 0. The highest BCUT2D eigenvalue weighted by molar-refractivity contribution is 8.18. The summed E-state index contributed by atoms with van der Waals surface area (Å²) in [5.41, 5.74) is 7.29. The van der Waals surface area contributed by atoms with Gasteiger partial charge in [0.25, 0.3) is 17.1 Å². The Morgan fingerprint density at radius 1 is 1.19 bits per heavy atom. The third kappa shape index (κ3) is 4.56. The van der Waals surface area contributed by atoms with Gasteiger partial charge < -0.3 is 11.1 Å². The van der Waals surface area contributed by atoms with Gasteiger partial charge in [-0.05, 0) is 66.8 Å². The molecule has 4 rings (SSSR count). The lowest BCUT2D eigenvalue weighted by Crippen LogP contribution is -2.36. The highest BCUT2D eigenvalue weighted by Gasteiger charge is 2.37. The molecule has 11 heteroatoms. The van der Waals surface area contributed by atoms with Crippen LogP contribution in [-0.4, -0.2) is 34.4 Å². The lowest BCUT2D eigenvalue weighted by atomic mass is 9.95. The number of hydrogen-bond acceptors (Lipinski definition) is 6. The lowest BCUT2D eigenvalue weighted by Gasteiger charge is -2.13. The lowest BCUT2D eigenvalue weighted by molar-refractivity contribution is -0.127. The van der Waals surface area contributed by atoms with Gasteiger partial charge in [0.05, 0.1) is 10.5 Å². The van der Waals surface area contributed by atoms with Gasteiger partial charge >= 0.3 is 0 Å². The van der Waals surface area contributed by atoms with Crippen LogP contribution in [0.5, 0.6) is 0 Å². The molecule has 0 bridgehead atoms. The Kier molecular flexibility index (Phi) is 6.62. The number of thiophene rings is 1. The van der Waals surface area contributed by atoms with Crippen LogP contribution in [0, 0.1) is 0 Å². The summed E-state index contributed by atoms with van der Waals surface area (Å²) in [7, 11) is 0. The van der Waals surface area contributed by atoms with Crippen LogP contribution in [0.25, 0.3) is 6.08 Å². The van der Waals surface area contributed by atoms with Crippen LogP contribution in [-0.2, 0) is 22.4 Å². The first-order chi connectivity index (χ1) is 15.2. The number of carbonyl (C=O) groups excluding carboxylic acids is 4. The molecule has 3 N–H and O–H groups in total. The molecule has 1 aromatic carbocycles. The molecule has 2 heterocycles. The SMILES string of the molecule is NC(=O)c1c(NC(=O)CN2C(=O)S/C(=C\c3ccc(Cl)cc3Cl)C2=O)sc2c1CCCC2. The van der Waals surface area contributed by atoms with Crippen LogP contribution in [0.4, 0.5) is 9.80 Å². The molecule has 1 aliphatic carbocycles. The summed E-state index contributed by atoms with van der Waals surface area (Å²) in [5.74, 6) is -1.78. The van der Waals surface area contributed by atoms with Crippen LogP contribution in [0.2, 0.25) is 10.0 Å². The Bertz CT molecular complexity index is 1190. The van der Waals surface area contributed by atoms with E-state index in [4.69, 9.17) is 28.9 Å². The van der Waals surface area contributed by atoms with Crippen molar-refractivity contribution in [2.45, 2.75) is 25.7 Å². The van der Waals surface area contributed by atoms with Gasteiger partial charge in [0.1, 0.15) is 11.5 Å². The number of nitrogens with two attached hydrogens (primary N) is 1. The highest BCUT2D eigenvalue weighted by Crippen LogP contribution is 2.38. The van der Waals surface area contributed by atoms with E-state index in [-0.39, 0.29) is 4.91 Å². The smallest absolute Gasteiger partial charge is 0.294 e. The number of thioether (sulfide) groups is 1. The number of benzene rings is 1. The van der Waals surface area contributed by atoms with E-state index < -0.39 is 29.5 Å². The summed E-state index contributed by atoms with van der Waals surface area (Å²) in [6, 6.07) is 4.78. The molecule has 4 amide bonds. The Morgan fingerprint density at radius 3 is 2.66 bits per heavy atom. The zero-order chi connectivity index (χ0) is 23.0. The number of imide groups is 1. The molecule has 0 unspecified atom stereocenters. The van der Waals surface area contributed by atoms with Crippen molar-refractivity contribution in [3.63, 3.8) is 0 Å². The van der Waals surface area contributed by atoms with Crippen LogP contribution in [0.15, 0.2) is 23.1 Å². The van der Waals surface area contributed by atoms with E-state index in [0.717, 1.165) is 52.8 Å². The molecule has 32 heavy (non-hydrogen) atoms. The number of rotatable bonds is 5. The zero-order valence-corrected chi connectivity index (χ0v) is 19.7. The largest absolute Gasteiger partial charge is 0.365 e. The van der Waals surface area contributed by atoms with E-state index in [1.807, 2.05) is 0 Å². The summed E-state index contributed by atoms with van der Waals surface area (Å²) >= 11 is 14.1. The van der Waals surface area contributed by atoms with Crippen molar-refractivity contribution in [3.8, 4) is 0 Å². The minimum atomic E-state index is -0.603. The predicted molar refractivity (Wildman–Crippen MR) is 127 cm³/mol. The van der Waals surface area contributed by atoms with Gasteiger partial charge in [-0.25, -0.2) is 0 Å². The normalized spacial score (nSPS) is 17.1. The fraction of sp³-hybridized carbons (Fsp3) is 0.238. The van der Waals surface area contributed by atoms with Gasteiger partial charge in [0.2, 0.25) is 5.91 Å². The maximum absolute atomic E-state index is 12.7. The molecule has 2 aromatic rings. The topological polar surface area (TPSA) is 110 Å². The monoisotopic (exact) mass is 509 g/mol. The van der Waals surface area contributed by atoms with Crippen molar-refractivity contribution in [1.29, 1.82) is 0 Å². The van der Waals surface area contributed by atoms with Crippen molar-refractivity contribution in [2.24, 2.45) is 5.73 Å². The van der Waals surface area contributed by atoms with Crippen molar-refractivity contribution in [2.75, 3.05) is 11.9 Å². The van der Waals surface area contributed by atoms with Gasteiger partial charge in [-0.3, -0.25) is 24.1 Å². The third-order valence-electron chi connectivity index (χ3n) is 5.10. The van der Waals surface area contributed by atoms with Crippen molar-refractivity contribution < 1.29 is 19.2 Å². The molecule has 0 spiro atoms. The van der Waals surface area contributed by atoms with Gasteiger partial charge in [-0.15, -0.1) is 11.3 Å². The van der Waals surface area contributed by atoms with Crippen LogP contribution < -0.4 is 11.1 Å². The number of carbonyl (C=O) groups is 4. The number of fused-ring (bicyclic) bond motifs is 1. The summed E-state index contributed by atoms with van der Waals surface area (Å²) in [6.07, 6.45) is 5.02. The second-order valence-corrected chi connectivity index (χ2v) is 10.2. The number of primary amides is 1. The second-order valence-electron chi connectivity index (χ2n) is 7.26. The third-order valence-corrected chi connectivity index (χ3v) is 7.77. The van der Waals surface area contributed by atoms with E-state index in [0.29, 0.717) is 26.2 Å². The van der Waals surface area contributed by atoms with Gasteiger partial charge in [-0.2, -0.15) is 0 Å². The summed E-state index contributed by atoms with van der Waals surface area (Å²) in [6.45, 7) is -0.475. The molecule has 1 fully saturated rings. The van der Waals surface area contributed by atoms with E-state index in [1.54, 1.807) is 12.1 Å². The zero-order valence-electron chi connectivity index (χ0n) is 16.6. The Hall–Kier alpha value is -2.33. The highest BCUT2D eigenvalue weighted by atomic mass is 35.5. The standard InChI is InChI=1S/C21H17Cl2N3O4S2/c22-11-6-5-10(13(23)8-11)7-15-20(29)26(21(30)32-15)9-16(27)25-19-17(18(24)28)12-3-1-2-4-14(12)31-19/h5-8H,1-4,9H2,(H2,24,28)(H,25,27)/b15-7-. The number of amides is 4. The van der Waals surface area contributed by atoms with E-state index >= 15 is 0 Å². The van der Waals surface area contributed by atoms with Crippen molar-refractivity contribution in [3.05, 3.63) is 54.7 Å². The number of anilines is 1. The average Bonchev–Trinajstić information content (AvgIpc) is 3.22. The molecule has 2 aliphatic rings. The quantitative estimate of drug-likeness (QED) is 0.567.